The van der Waals surface area contributed by atoms with Gasteiger partial charge in [-0.25, -0.2) is 8.78 Å². The van der Waals surface area contributed by atoms with Crippen molar-refractivity contribution in [2.45, 2.75) is 31.5 Å². The van der Waals surface area contributed by atoms with E-state index in [1.807, 2.05) is 0 Å². The summed E-state index contributed by atoms with van der Waals surface area (Å²) in [6.07, 6.45) is -1.72. The number of amides is 1. The van der Waals surface area contributed by atoms with E-state index in [2.05, 4.69) is 15.2 Å². The predicted molar refractivity (Wildman–Crippen MR) is 102 cm³/mol. The van der Waals surface area contributed by atoms with Crippen LogP contribution in [0.5, 0.6) is 5.75 Å². The van der Waals surface area contributed by atoms with Crippen LogP contribution in [0.3, 0.4) is 0 Å². The third-order valence-corrected chi connectivity index (χ3v) is 5.44. The summed E-state index contributed by atoms with van der Waals surface area (Å²) < 4.78 is 68.9. The molecule has 0 radical (unpaired) electrons. The van der Waals surface area contributed by atoms with Gasteiger partial charge in [0.2, 0.25) is 5.89 Å². The van der Waals surface area contributed by atoms with E-state index >= 15 is 0 Å². The number of hydrogen-bond acceptors (Lipinski definition) is 7. The van der Waals surface area contributed by atoms with Gasteiger partial charge in [0, 0.05) is 30.8 Å². The molecule has 1 amide bonds. The number of ether oxygens (including phenoxy) is 2. The molecule has 2 atom stereocenters. The van der Waals surface area contributed by atoms with Crippen LogP contribution in [0, 0.1) is 11.6 Å². The smallest absolute Gasteiger partial charge is 0.314 e. The molecule has 1 aromatic carbocycles. The van der Waals surface area contributed by atoms with Gasteiger partial charge in [0.15, 0.2) is 0 Å². The van der Waals surface area contributed by atoms with Crippen LogP contribution >= 0.6 is 0 Å². The summed E-state index contributed by atoms with van der Waals surface area (Å²) in [5, 5.41) is 6.86. The SMILES string of the molecule is O=C1c2cc(-c3nnc(C(F)F)o3)cnc2CN1[C@@H]1COCC[C@H]1Oc1cc(F)cc(F)c1. The summed E-state index contributed by atoms with van der Waals surface area (Å²) >= 11 is 0. The Hall–Kier alpha value is -3.54. The second-order valence-electron chi connectivity index (χ2n) is 7.59. The molecule has 0 saturated carbocycles. The quantitative estimate of drug-likeness (QED) is 0.534. The maximum absolute atomic E-state index is 13.6. The number of nitrogens with zero attached hydrogens (tertiary/aromatic N) is 4. The van der Waals surface area contributed by atoms with Gasteiger partial charge in [-0.15, -0.1) is 10.2 Å². The predicted octanol–water partition coefficient (Wildman–Crippen LogP) is 3.54. The van der Waals surface area contributed by atoms with E-state index in [0.29, 0.717) is 18.7 Å². The third kappa shape index (κ3) is 4.13. The fourth-order valence-corrected chi connectivity index (χ4v) is 3.92. The van der Waals surface area contributed by atoms with Gasteiger partial charge in [0.05, 0.1) is 42.6 Å². The van der Waals surface area contributed by atoms with Crippen LogP contribution in [0.1, 0.15) is 34.8 Å². The molecule has 12 heteroatoms. The number of halogens is 4. The van der Waals surface area contributed by atoms with E-state index in [1.54, 1.807) is 0 Å². The van der Waals surface area contributed by atoms with Crippen molar-refractivity contribution in [1.82, 2.24) is 20.1 Å². The average Bonchev–Trinajstić information content (AvgIpc) is 3.39. The highest BCUT2D eigenvalue weighted by Crippen LogP contribution is 2.32. The van der Waals surface area contributed by atoms with Crippen LogP contribution < -0.4 is 4.74 Å². The molecule has 2 aromatic heterocycles. The molecule has 0 N–H and O–H groups in total. The standard InChI is InChI=1S/C21H16F4N4O4/c22-11-4-12(23)6-13(5-11)32-17-1-2-31-9-16(17)29-8-15-14(21(29)30)3-10(7-26-15)19-27-28-20(33-19)18(24)25/h3-7,16-18H,1-2,8-9H2/t16-,17-/m1/s1. The Balaban J connectivity index is 1.38. The highest BCUT2D eigenvalue weighted by atomic mass is 19.3. The summed E-state index contributed by atoms with van der Waals surface area (Å²) in [6.45, 7) is 0.683. The zero-order chi connectivity index (χ0) is 23.1. The Morgan fingerprint density at radius 1 is 1.12 bits per heavy atom. The molecule has 1 fully saturated rings. The molecule has 8 nitrogen and oxygen atoms in total. The summed E-state index contributed by atoms with van der Waals surface area (Å²) in [7, 11) is 0. The van der Waals surface area contributed by atoms with Gasteiger partial charge >= 0.3 is 6.43 Å². The Morgan fingerprint density at radius 3 is 2.64 bits per heavy atom. The lowest BCUT2D eigenvalue weighted by atomic mass is 10.0. The first kappa shape index (κ1) is 21.3. The van der Waals surface area contributed by atoms with Gasteiger partial charge in [-0.2, -0.15) is 8.78 Å². The largest absolute Gasteiger partial charge is 0.488 e. The number of rotatable bonds is 5. The van der Waals surface area contributed by atoms with Crippen molar-refractivity contribution in [1.29, 1.82) is 0 Å². The van der Waals surface area contributed by atoms with Gasteiger partial charge in [0.25, 0.3) is 11.8 Å². The second kappa shape index (κ2) is 8.43. The fraction of sp³-hybridized carbons (Fsp3) is 0.333. The lowest BCUT2D eigenvalue weighted by molar-refractivity contribution is -0.0432. The lowest BCUT2D eigenvalue weighted by Gasteiger charge is -2.37. The molecule has 0 aliphatic carbocycles. The Labute approximate surface area is 184 Å². The van der Waals surface area contributed by atoms with Crippen LogP contribution in [0.25, 0.3) is 11.5 Å². The molecule has 2 aliphatic rings. The number of carbonyl (C=O) groups excluding carboxylic acids is 1. The molecule has 172 valence electrons. The topological polar surface area (TPSA) is 90.6 Å². The van der Waals surface area contributed by atoms with E-state index in [-0.39, 0.29) is 41.8 Å². The number of alkyl halides is 2. The summed E-state index contributed by atoms with van der Waals surface area (Å²) in [5.41, 5.74) is 0.954. The van der Waals surface area contributed by atoms with Crippen molar-refractivity contribution in [2.24, 2.45) is 0 Å². The van der Waals surface area contributed by atoms with Crippen molar-refractivity contribution >= 4 is 5.91 Å². The lowest BCUT2D eigenvalue weighted by Crippen LogP contribution is -2.52. The fourth-order valence-electron chi connectivity index (χ4n) is 3.92. The average molecular weight is 464 g/mol. The van der Waals surface area contributed by atoms with Crippen LogP contribution in [0.15, 0.2) is 34.9 Å². The van der Waals surface area contributed by atoms with Gasteiger partial charge < -0.3 is 18.8 Å². The first-order valence-electron chi connectivity index (χ1n) is 10.0. The zero-order valence-electron chi connectivity index (χ0n) is 16.9. The maximum Gasteiger partial charge on any atom is 0.314 e. The summed E-state index contributed by atoms with van der Waals surface area (Å²) in [4.78, 5) is 18.9. The van der Waals surface area contributed by atoms with Crippen LogP contribution in [0.4, 0.5) is 17.6 Å². The van der Waals surface area contributed by atoms with E-state index in [0.717, 1.165) is 18.2 Å². The Bertz CT molecular complexity index is 1180. The van der Waals surface area contributed by atoms with Crippen molar-refractivity contribution < 1.29 is 36.2 Å². The first-order chi connectivity index (χ1) is 15.9. The molecule has 33 heavy (non-hydrogen) atoms. The van der Waals surface area contributed by atoms with Crippen molar-refractivity contribution in [3.8, 4) is 17.2 Å². The third-order valence-electron chi connectivity index (χ3n) is 5.44. The molecular weight excluding hydrogens is 448 g/mol. The minimum absolute atomic E-state index is 0.0141. The molecule has 0 unspecified atom stereocenters. The molecular formula is C21H16F4N4O4. The highest BCUT2D eigenvalue weighted by Gasteiger charge is 2.40. The molecule has 0 bridgehead atoms. The second-order valence-corrected chi connectivity index (χ2v) is 7.59. The molecule has 0 spiro atoms. The number of fused-ring (bicyclic) bond motifs is 1. The van der Waals surface area contributed by atoms with Crippen LogP contribution in [-0.4, -0.2) is 51.3 Å². The van der Waals surface area contributed by atoms with E-state index < -0.39 is 36.1 Å². The number of pyridine rings is 1. The summed E-state index contributed by atoms with van der Waals surface area (Å²) in [5.74, 6) is -2.91. The zero-order valence-corrected chi connectivity index (χ0v) is 16.9. The van der Waals surface area contributed by atoms with Gasteiger partial charge in [-0.3, -0.25) is 9.78 Å². The number of benzene rings is 1. The van der Waals surface area contributed by atoms with Crippen molar-refractivity contribution in [2.75, 3.05) is 13.2 Å². The number of aromatic nitrogens is 3. The first-order valence-corrected chi connectivity index (χ1v) is 10.0. The van der Waals surface area contributed by atoms with Crippen LogP contribution in [-0.2, 0) is 11.3 Å². The maximum atomic E-state index is 13.6. The molecule has 3 aromatic rings. The normalized spacial score (nSPS) is 20.4. The molecule has 2 aliphatic heterocycles. The van der Waals surface area contributed by atoms with Crippen LogP contribution in [0.2, 0.25) is 0 Å². The monoisotopic (exact) mass is 464 g/mol. The molecule has 1 saturated heterocycles. The minimum atomic E-state index is -2.92. The highest BCUT2D eigenvalue weighted by molar-refractivity contribution is 5.99. The molecule has 5 rings (SSSR count). The van der Waals surface area contributed by atoms with E-state index in [9.17, 15) is 22.4 Å². The number of hydrogen-bond donors (Lipinski definition) is 0. The van der Waals surface area contributed by atoms with Gasteiger partial charge in [0.1, 0.15) is 23.5 Å². The summed E-state index contributed by atoms with van der Waals surface area (Å²) in [6, 6.07) is 3.80. The van der Waals surface area contributed by atoms with Crippen molar-refractivity contribution in [3.63, 3.8) is 0 Å². The van der Waals surface area contributed by atoms with Crippen molar-refractivity contribution in [3.05, 3.63) is 59.2 Å². The number of carbonyl (C=O) groups is 1. The van der Waals surface area contributed by atoms with Gasteiger partial charge in [-0.05, 0) is 6.07 Å². The Morgan fingerprint density at radius 2 is 1.91 bits per heavy atom. The molecule has 4 heterocycles. The van der Waals surface area contributed by atoms with E-state index in [1.165, 1.54) is 17.2 Å². The van der Waals surface area contributed by atoms with E-state index in [4.69, 9.17) is 13.9 Å². The minimum Gasteiger partial charge on any atom is -0.488 e. The Kier molecular flexibility index (Phi) is 5.44. The van der Waals surface area contributed by atoms with Gasteiger partial charge in [-0.1, -0.05) is 0 Å².